The molecule has 0 spiro atoms. The van der Waals surface area contributed by atoms with Gasteiger partial charge in [0.1, 0.15) is 0 Å². The number of rotatable bonds is 6. The highest BCUT2D eigenvalue weighted by atomic mass is 16.1. The summed E-state index contributed by atoms with van der Waals surface area (Å²) in [6.07, 6.45) is 5.01. The Morgan fingerprint density at radius 2 is 1.62 bits per heavy atom. The van der Waals surface area contributed by atoms with E-state index in [0.29, 0.717) is 0 Å². The van der Waals surface area contributed by atoms with E-state index in [9.17, 15) is 4.79 Å². The van der Waals surface area contributed by atoms with Crippen LogP contribution in [0.2, 0.25) is 0 Å². The highest BCUT2D eigenvalue weighted by Crippen LogP contribution is 2.23. The fourth-order valence-corrected chi connectivity index (χ4v) is 3.33. The summed E-state index contributed by atoms with van der Waals surface area (Å²) in [6.45, 7) is 4.24. The van der Waals surface area contributed by atoms with Crippen LogP contribution in [0, 0.1) is 0 Å². The molecule has 3 rings (SSSR count). The van der Waals surface area contributed by atoms with Gasteiger partial charge in [-0.15, -0.1) is 0 Å². The molecule has 0 unspecified atom stereocenters. The van der Waals surface area contributed by atoms with Crippen molar-refractivity contribution in [1.29, 1.82) is 0 Å². The number of nitrogens with zero attached hydrogens (tertiary/aromatic N) is 1. The van der Waals surface area contributed by atoms with Crippen LogP contribution in [0.5, 0.6) is 0 Å². The van der Waals surface area contributed by atoms with Crippen LogP contribution in [0.15, 0.2) is 54.6 Å². The summed E-state index contributed by atoms with van der Waals surface area (Å²) in [7, 11) is 0. The molecule has 2 aromatic carbocycles. The largest absolute Gasteiger partial charge is 0.352 e. The quantitative estimate of drug-likeness (QED) is 0.817. The Balaban J connectivity index is 1.55. The molecule has 1 amide bonds. The summed E-state index contributed by atoms with van der Waals surface area (Å²) in [5.41, 5.74) is 2.82. The molecular weight excluding hydrogens is 296 g/mol. The molecule has 0 aliphatic carbocycles. The van der Waals surface area contributed by atoms with Crippen molar-refractivity contribution in [1.82, 2.24) is 10.2 Å². The van der Waals surface area contributed by atoms with Crippen LogP contribution in [-0.2, 0) is 0 Å². The van der Waals surface area contributed by atoms with Gasteiger partial charge in [-0.3, -0.25) is 4.79 Å². The van der Waals surface area contributed by atoms with Crippen LogP contribution < -0.4 is 5.32 Å². The Bertz CT molecular complexity index is 648. The Labute approximate surface area is 144 Å². The Kier molecular flexibility index (Phi) is 6.02. The van der Waals surface area contributed by atoms with Crippen molar-refractivity contribution in [3.63, 3.8) is 0 Å². The van der Waals surface area contributed by atoms with Crippen LogP contribution in [-0.4, -0.2) is 37.0 Å². The number of amides is 1. The van der Waals surface area contributed by atoms with Gasteiger partial charge in [-0.2, -0.15) is 0 Å². The first kappa shape index (κ1) is 16.7. The van der Waals surface area contributed by atoms with Gasteiger partial charge in [0.25, 0.3) is 5.91 Å². The molecule has 126 valence electrons. The number of carbonyl (C=O) groups is 1. The standard InChI is InChI=1S/C21H26N2O/c24-21(22-14-9-17-23-15-7-2-8-16-23)20-13-6-5-12-19(20)18-10-3-1-4-11-18/h1,3-6,10-13H,2,7-9,14-17H2,(H,22,24). The SMILES string of the molecule is O=C(NCCCN1CCCCC1)c1ccccc1-c1ccccc1. The van der Waals surface area contributed by atoms with Gasteiger partial charge in [-0.05, 0) is 56.1 Å². The first-order valence-electron chi connectivity index (χ1n) is 8.99. The van der Waals surface area contributed by atoms with Crippen LogP contribution in [0.1, 0.15) is 36.0 Å². The van der Waals surface area contributed by atoms with Gasteiger partial charge in [0.15, 0.2) is 0 Å². The molecule has 24 heavy (non-hydrogen) atoms. The van der Waals surface area contributed by atoms with E-state index in [1.54, 1.807) is 0 Å². The number of benzene rings is 2. The topological polar surface area (TPSA) is 32.3 Å². The van der Waals surface area contributed by atoms with E-state index in [4.69, 9.17) is 0 Å². The van der Waals surface area contributed by atoms with Crippen molar-refractivity contribution >= 4 is 5.91 Å². The van der Waals surface area contributed by atoms with E-state index >= 15 is 0 Å². The molecule has 0 radical (unpaired) electrons. The Morgan fingerprint density at radius 3 is 2.42 bits per heavy atom. The van der Waals surface area contributed by atoms with E-state index in [-0.39, 0.29) is 5.91 Å². The number of piperidine rings is 1. The molecule has 1 saturated heterocycles. The fraction of sp³-hybridized carbons (Fsp3) is 0.381. The lowest BCUT2D eigenvalue weighted by molar-refractivity contribution is 0.0951. The summed E-state index contributed by atoms with van der Waals surface area (Å²) in [4.78, 5) is 15.1. The first-order valence-corrected chi connectivity index (χ1v) is 8.99. The minimum atomic E-state index is 0.0214. The lowest BCUT2D eigenvalue weighted by Crippen LogP contribution is -2.33. The van der Waals surface area contributed by atoms with Crippen molar-refractivity contribution in [3.05, 3.63) is 60.2 Å². The molecule has 1 fully saturated rings. The molecule has 1 aliphatic rings. The van der Waals surface area contributed by atoms with Crippen molar-refractivity contribution in [2.24, 2.45) is 0 Å². The average molecular weight is 322 g/mol. The normalized spacial score (nSPS) is 15.2. The van der Waals surface area contributed by atoms with E-state index in [1.165, 1.54) is 32.4 Å². The van der Waals surface area contributed by atoms with Gasteiger partial charge in [-0.1, -0.05) is 55.0 Å². The maximum absolute atomic E-state index is 12.6. The highest BCUT2D eigenvalue weighted by Gasteiger charge is 2.12. The summed E-state index contributed by atoms with van der Waals surface area (Å²) >= 11 is 0. The van der Waals surface area contributed by atoms with Crippen molar-refractivity contribution in [2.45, 2.75) is 25.7 Å². The lowest BCUT2D eigenvalue weighted by atomic mass is 9.99. The average Bonchev–Trinajstić information content (AvgIpc) is 2.66. The number of carbonyl (C=O) groups excluding carboxylic acids is 1. The van der Waals surface area contributed by atoms with E-state index < -0.39 is 0 Å². The molecule has 0 saturated carbocycles. The molecule has 3 heteroatoms. The van der Waals surface area contributed by atoms with E-state index in [2.05, 4.69) is 10.2 Å². The smallest absolute Gasteiger partial charge is 0.251 e. The molecule has 1 heterocycles. The number of hydrogen-bond acceptors (Lipinski definition) is 2. The zero-order valence-corrected chi connectivity index (χ0v) is 14.2. The molecule has 1 aliphatic heterocycles. The zero-order valence-electron chi connectivity index (χ0n) is 14.2. The molecule has 3 nitrogen and oxygen atoms in total. The van der Waals surface area contributed by atoms with Gasteiger partial charge >= 0.3 is 0 Å². The Hall–Kier alpha value is -2.13. The number of likely N-dealkylation sites (tertiary alicyclic amines) is 1. The molecular formula is C21H26N2O. The third kappa shape index (κ3) is 4.45. The van der Waals surface area contributed by atoms with Crippen LogP contribution in [0.25, 0.3) is 11.1 Å². The van der Waals surface area contributed by atoms with Crippen molar-refractivity contribution in [3.8, 4) is 11.1 Å². The molecule has 0 bridgehead atoms. The minimum absolute atomic E-state index is 0.0214. The predicted molar refractivity (Wildman–Crippen MR) is 99.1 cm³/mol. The summed E-state index contributed by atoms with van der Waals surface area (Å²) in [6, 6.07) is 17.9. The molecule has 0 aromatic heterocycles. The molecule has 0 atom stereocenters. The maximum Gasteiger partial charge on any atom is 0.251 e. The van der Waals surface area contributed by atoms with Gasteiger partial charge in [0.2, 0.25) is 0 Å². The maximum atomic E-state index is 12.6. The van der Waals surface area contributed by atoms with Gasteiger partial charge in [-0.25, -0.2) is 0 Å². The second-order valence-corrected chi connectivity index (χ2v) is 6.42. The predicted octanol–water partition coefficient (Wildman–Crippen LogP) is 3.96. The second kappa shape index (κ2) is 8.65. The summed E-state index contributed by atoms with van der Waals surface area (Å²) < 4.78 is 0. The lowest BCUT2D eigenvalue weighted by Gasteiger charge is -2.26. The van der Waals surface area contributed by atoms with E-state index in [0.717, 1.165) is 36.2 Å². The second-order valence-electron chi connectivity index (χ2n) is 6.42. The van der Waals surface area contributed by atoms with Gasteiger partial charge < -0.3 is 10.2 Å². The minimum Gasteiger partial charge on any atom is -0.352 e. The van der Waals surface area contributed by atoms with Crippen LogP contribution in [0.4, 0.5) is 0 Å². The summed E-state index contributed by atoms with van der Waals surface area (Å²) in [5, 5.41) is 3.08. The van der Waals surface area contributed by atoms with Crippen LogP contribution in [0.3, 0.4) is 0 Å². The van der Waals surface area contributed by atoms with Crippen molar-refractivity contribution in [2.75, 3.05) is 26.2 Å². The van der Waals surface area contributed by atoms with Crippen molar-refractivity contribution < 1.29 is 4.79 Å². The Morgan fingerprint density at radius 1 is 0.917 bits per heavy atom. The fourth-order valence-electron chi connectivity index (χ4n) is 3.33. The summed E-state index contributed by atoms with van der Waals surface area (Å²) in [5.74, 6) is 0.0214. The number of nitrogens with one attached hydrogen (secondary N) is 1. The number of hydrogen-bond donors (Lipinski definition) is 1. The third-order valence-electron chi connectivity index (χ3n) is 4.64. The first-order chi connectivity index (χ1) is 11.8. The van der Waals surface area contributed by atoms with E-state index in [1.807, 2.05) is 54.6 Å². The van der Waals surface area contributed by atoms with Gasteiger partial charge in [0, 0.05) is 12.1 Å². The van der Waals surface area contributed by atoms with Crippen LogP contribution >= 0.6 is 0 Å². The monoisotopic (exact) mass is 322 g/mol. The highest BCUT2D eigenvalue weighted by molar-refractivity contribution is 6.00. The molecule has 2 aromatic rings. The third-order valence-corrected chi connectivity index (χ3v) is 4.64. The zero-order chi connectivity index (χ0) is 16.6. The molecule has 1 N–H and O–H groups in total. The van der Waals surface area contributed by atoms with Gasteiger partial charge in [0.05, 0.1) is 0 Å².